The van der Waals surface area contributed by atoms with Crippen molar-refractivity contribution < 1.29 is 9.90 Å². The zero-order chi connectivity index (χ0) is 10.8. The van der Waals surface area contributed by atoms with Gasteiger partial charge in [-0.3, -0.25) is 4.79 Å². The van der Waals surface area contributed by atoms with Crippen molar-refractivity contribution in [3.8, 4) is 6.07 Å². The Morgan fingerprint density at radius 2 is 2.20 bits per heavy atom. The van der Waals surface area contributed by atoms with Crippen molar-refractivity contribution in [1.29, 1.82) is 5.26 Å². The summed E-state index contributed by atoms with van der Waals surface area (Å²) in [6, 6.07) is 8.58. The normalized spacial score (nSPS) is 18.8. The average molecular weight is 202 g/mol. The number of amides is 1. The lowest BCUT2D eigenvalue weighted by Crippen LogP contribution is -2.30. The predicted octanol–water partition coefficient (Wildman–Crippen LogP) is 0.699. The molecule has 0 spiro atoms. The summed E-state index contributed by atoms with van der Waals surface area (Å²) < 4.78 is 0. The average Bonchev–Trinajstić information content (AvgIpc) is 2.54. The maximum Gasteiger partial charge on any atom is 0.255 e. The zero-order valence-electron chi connectivity index (χ0n) is 8.05. The molecule has 1 aromatic rings. The third kappa shape index (κ3) is 1.37. The molecular formula is C11H10N2O2. The fraction of sp³-hybridized carbons (Fsp3) is 0.273. The van der Waals surface area contributed by atoms with Gasteiger partial charge in [-0.05, 0) is 6.07 Å². The second-order valence-corrected chi connectivity index (χ2v) is 3.34. The number of hydrogen-bond donors (Lipinski definition) is 1. The largest absolute Gasteiger partial charge is 0.395 e. The molecule has 0 bridgehead atoms. The van der Waals surface area contributed by atoms with Gasteiger partial charge in [0.2, 0.25) is 0 Å². The maximum absolute atomic E-state index is 11.8. The first-order valence-corrected chi connectivity index (χ1v) is 4.70. The molecule has 0 aromatic heterocycles. The van der Waals surface area contributed by atoms with Crippen LogP contribution in [-0.4, -0.2) is 29.1 Å². The van der Waals surface area contributed by atoms with E-state index in [9.17, 15) is 4.79 Å². The number of fused-ring (bicyclic) bond motifs is 1. The minimum atomic E-state index is -0.555. The molecule has 1 amide bonds. The van der Waals surface area contributed by atoms with Crippen LogP contribution in [0.1, 0.15) is 22.0 Å². The van der Waals surface area contributed by atoms with Crippen molar-refractivity contribution in [2.45, 2.75) is 6.04 Å². The summed E-state index contributed by atoms with van der Waals surface area (Å²) >= 11 is 0. The lowest BCUT2D eigenvalue weighted by atomic mass is 10.1. The molecule has 1 N–H and O–H groups in total. The van der Waals surface area contributed by atoms with Gasteiger partial charge in [-0.25, -0.2) is 0 Å². The van der Waals surface area contributed by atoms with Crippen molar-refractivity contribution in [3.05, 3.63) is 35.4 Å². The van der Waals surface area contributed by atoms with E-state index in [0.717, 1.165) is 5.56 Å². The van der Waals surface area contributed by atoms with Crippen LogP contribution >= 0.6 is 0 Å². The molecule has 1 atom stereocenters. The molecule has 0 saturated carbocycles. The predicted molar refractivity (Wildman–Crippen MR) is 52.9 cm³/mol. The molecule has 1 heterocycles. The first-order chi connectivity index (χ1) is 7.29. The standard InChI is InChI=1S/C11H10N2O2/c12-7-10-8-3-1-2-4-9(8)11(15)13(10)5-6-14/h1-4,10,14H,5-6H2. The van der Waals surface area contributed by atoms with Crippen molar-refractivity contribution >= 4 is 5.91 Å². The van der Waals surface area contributed by atoms with Gasteiger partial charge in [0.1, 0.15) is 6.04 Å². The number of rotatable bonds is 2. The van der Waals surface area contributed by atoms with Gasteiger partial charge < -0.3 is 10.0 Å². The van der Waals surface area contributed by atoms with Crippen LogP contribution in [0.15, 0.2) is 24.3 Å². The fourth-order valence-electron chi connectivity index (χ4n) is 1.85. The van der Waals surface area contributed by atoms with Gasteiger partial charge in [-0.15, -0.1) is 0 Å². The van der Waals surface area contributed by atoms with E-state index >= 15 is 0 Å². The lowest BCUT2D eigenvalue weighted by Gasteiger charge is -2.18. The summed E-state index contributed by atoms with van der Waals surface area (Å²) in [5.41, 5.74) is 1.30. The summed E-state index contributed by atoms with van der Waals surface area (Å²) in [5, 5.41) is 17.8. The Labute approximate surface area is 87.4 Å². The van der Waals surface area contributed by atoms with E-state index in [0.29, 0.717) is 5.56 Å². The van der Waals surface area contributed by atoms with Crippen LogP contribution < -0.4 is 0 Å². The van der Waals surface area contributed by atoms with Crippen molar-refractivity contribution in [2.75, 3.05) is 13.2 Å². The summed E-state index contributed by atoms with van der Waals surface area (Å²) in [7, 11) is 0. The Hall–Kier alpha value is -1.86. The highest BCUT2D eigenvalue weighted by atomic mass is 16.3. The Kier molecular flexibility index (Phi) is 2.40. The van der Waals surface area contributed by atoms with Gasteiger partial charge in [-0.2, -0.15) is 5.26 Å². The number of hydrogen-bond acceptors (Lipinski definition) is 3. The molecule has 0 fully saturated rings. The molecular weight excluding hydrogens is 192 g/mol. The first kappa shape index (κ1) is 9.69. The molecule has 1 aliphatic rings. The highest BCUT2D eigenvalue weighted by Gasteiger charge is 2.35. The summed E-state index contributed by atoms with van der Waals surface area (Å²) in [5.74, 6) is -0.175. The number of nitriles is 1. The number of aliphatic hydroxyl groups is 1. The van der Waals surface area contributed by atoms with E-state index in [-0.39, 0.29) is 19.1 Å². The molecule has 0 radical (unpaired) electrons. The number of carbonyl (C=O) groups is 1. The zero-order valence-corrected chi connectivity index (χ0v) is 8.05. The number of nitrogens with zero attached hydrogens (tertiary/aromatic N) is 2. The highest BCUT2D eigenvalue weighted by molar-refractivity contribution is 5.99. The van der Waals surface area contributed by atoms with Crippen LogP contribution in [0.2, 0.25) is 0 Å². The Morgan fingerprint density at radius 3 is 2.87 bits per heavy atom. The summed E-state index contributed by atoms with van der Waals surface area (Å²) in [6.07, 6.45) is 0. The molecule has 0 saturated heterocycles. The highest BCUT2D eigenvalue weighted by Crippen LogP contribution is 2.32. The van der Waals surface area contributed by atoms with Crippen molar-refractivity contribution in [1.82, 2.24) is 4.90 Å². The van der Waals surface area contributed by atoms with Gasteiger partial charge in [0.15, 0.2) is 0 Å². The van der Waals surface area contributed by atoms with Gasteiger partial charge in [-0.1, -0.05) is 18.2 Å². The first-order valence-electron chi connectivity index (χ1n) is 4.70. The number of β-amino-alcohol motifs (C(OH)–C–C–N with tert-alkyl or cyclic N) is 1. The lowest BCUT2D eigenvalue weighted by molar-refractivity contribution is 0.0721. The van der Waals surface area contributed by atoms with E-state index < -0.39 is 6.04 Å². The number of carbonyl (C=O) groups excluding carboxylic acids is 1. The molecule has 1 aliphatic heterocycles. The van der Waals surface area contributed by atoms with Crippen molar-refractivity contribution in [3.63, 3.8) is 0 Å². The molecule has 0 aliphatic carbocycles. The maximum atomic E-state index is 11.8. The van der Waals surface area contributed by atoms with Crippen molar-refractivity contribution in [2.24, 2.45) is 0 Å². The molecule has 2 rings (SSSR count). The van der Waals surface area contributed by atoms with Gasteiger partial charge in [0, 0.05) is 17.7 Å². The third-order valence-electron chi connectivity index (χ3n) is 2.52. The Morgan fingerprint density at radius 1 is 1.47 bits per heavy atom. The topological polar surface area (TPSA) is 64.3 Å². The summed E-state index contributed by atoms with van der Waals surface area (Å²) in [6.45, 7) is 0.0731. The second-order valence-electron chi connectivity index (χ2n) is 3.34. The van der Waals surface area contributed by atoms with Crippen LogP contribution in [0.3, 0.4) is 0 Å². The number of aliphatic hydroxyl groups excluding tert-OH is 1. The minimum Gasteiger partial charge on any atom is -0.395 e. The third-order valence-corrected chi connectivity index (χ3v) is 2.52. The fourth-order valence-corrected chi connectivity index (χ4v) is 1.85. The molecule has 4 nitrogen and oxygen atoms in total. The van der Waals surface area contributed by atoms with Crippen LogP contribution in [0.4, 0.5) is 0 Å². The molecule has 1 aromatic carbocycles. The smallest absolute Gasteiger partial charge is 0.255 e. The van der Waals surface area contributed by atoms with E-state index in [2.05, 4.69) is 6.07 Å². The summed E-state index contributed by atoms with van der Waals surface area (Å²) in [4.78, 5) is 13.2. The molecule has 1 unspecified atom stereocenters. The second kappa shape index (κ2) is 3.71. The van der Waals surface area contributed by atoms with E-state index in [4.69, 9.17) is 10.4 Å². The van der Waals surface area contributed by atoms with Gasteiger partial charge in [0.05, 0.1) is 12.7 Å². The minimum absolute atomic E-state index is 0.127. The van der Waals surface area contributed by atoms with Crippen LogP contribution in [0.5, 0.6) is 0 Å². The SMILES string of the molecule is N#CC1c2ccccc2C(=O)N1CCO. The quantitative estimate of drug-likeness (QED) is 0.767. The van der Waals surface area contributed by atoms with E-state index in [1.807, 2.05) is 0 Å². The monoisotopic (exact) mass is 202 g/mol. The van der Waals surface area contributed by atoms with Crippen LogP contribution in [-0.2, 0) is 0 Å². The molecule has 15 heavy (non-hydrogen) atoms. The van der Waals surface area contributed by atoms with Crippen LogP contribution in [0, 0.1) is 11.3 Å². The number of benzene rings is 1. The molecule has 76 valence electrons. The van der Waals surface area contributed by atoms with Gasteiger partial charge in [0.25, 0.3) is 5.91 Å². The van der Waals surface area contributed by atoms with E-state index in [1.54, 1.807) is 24.3 Å². The Bertz CT molecular complexity index is 436. The van der Waals surface area contributed by atoms with E-state index in [1.165, 1.54) is 4.90 Å². The molecule has 4 heteroatoms. The van der Waals surface area contributed by atoms with Crippen LogP contribution in [0.25, 0.3) is 0 Å². The Balaban J connectivity index is 2.45. The van der Waals surface area contributed by atoms with Gasteiger partial charge >= 0.3 is 0 Å².